The van der Waals surface area contributed by atoms with E-state index in [0.29, 0.717) is 18.0 Å². The SMILES string of the molecule is COc1ccc(CN2C(=O)C(O)=C(c3ccccc3)C2c2ccc(C(C)C)cc2)cc1. The van der Waals surface area contributed by atoms with E-state index in [0.717, 1.165) is 22.4 Å². The number of rotatable bonds is 6. The molecule has 0 saturated heterocycles. The highest BCUT2D eigenvalue weighted by Crippen LogP contribution is 2.43. The van der Waals surface area contributed by atoms with Gasteiger partial charge in [0, 0.05) is 12.1 Å². The summed E-state index contributed by atoms with van der Waals surface area (Å²) >= 11 is 0. The van der Waals surface area contributed by atoms with Gasteiger partial charge in [0.05, 0.1) is 13.2 Å². The Morgan fingerprint density at radius 3 is 2.16 bits per heavy atom. The van der Waals surface area contributed by atoms with Crippen LogP contribution in [0.4, 0.5) is 0 Å². The number of benzene rings is 3. The first-order valence-corrected chi connectivity index (χ1v) is 10.5. The van der Waals surface area contributed by atoms with E-state index in [1.54, 1.807) is 12.0 Å². The number of carbonyl (C=O) groups is 1. The van der Waals surface area contributed by atoms with Gasteiger partial charge in [-0.25, -0.2) is 0 Å². The van der Waals surface area contributed by atoms with Crippen LogP contribution in [-0.4, -0.2) is 23.0 Å². The fourth-order valence-electron chi connectivity index (χ4n) is 4.07. The number of amides is 1. The molecule has 0 aromatic heterocycles. The summed E-state index contributed by atoms with van der Waals surface area (Å²) < 4.78 is 5.24. The molecule has 1 N–H and O–H groups in total. The van der Waals surface area contributed by atoms with Gasteiger partial charge in [-0.05, 0) is 40.3 Å². The van der Waals surface area contributed by atoms with Crippen LogP contribution >= 0.6 is 0 Å². The standard InChI is InChI=1S/C27H27NO3/c1-18(2)20-11-13-22(14-12-20)25-24(21-7-5-4-6-8-21)26(29)27(30)28(25)17-19-9-15-23(31-3)16-10-19/h4-16,18,25,29H,17H2,1-3H3. The van der Waals surface area contributed by atoms with Crippen LogP contribution in [0.2, 0.25) is 0 Å². The van der Waals surface area contributed by atoms with Crippen LogP contribution in [-0.2, 0) is 11.3 Å². The molecule has 0 spiro atoms. The summed E-state index contributed by atoms with van der Waals surface area (Å²) in [6.45, 7) is 4.70. The predicted octanol–water partition coefficient (Wildman–Crippen LogP) is 5.87. The molecule has 1 amide bonds. The Balaban J connectivity index is 1.76. The van der Waals surface area contributed by atoms with Gasteiger partial charge in [-0.3, -0.25) is 4.79 Å². The topological polar surface area (TPSA) is 49.8 Å². The van der Waals surface area contributed by atoms with Crippen LogP contribution in [0.15, 0.2) is 84.6 Å². The Hall–Kier alpha value is -3.53. The van der Waals surface area contributed by atoms with E-state index < -0.39 is 0 Å². The van der Waals surface area contributed by atoms with Gasteiger partial charge in [0.25, 0.3) is 5.91 Å². The van der Waals surface area contributed by atoms with Crippen LogP contribution in [0.1, 0.15) is 48.1 Å². The molecule has 1 aliphatic rings. The second kappa shape index (κ2) is 8.68. The molecule has 4 heteroatoms. The van der Waals surface area contributed by atoms with E-state index in [1.165, 1.54) is 5.56 Å². The Bertz CT molecular complexity index is 1080. The van der Waals surface area contributed by atoms with Gasteiger partial charge < -0.3 is 14.7 Å². The smallest absolute Gasteiger partial charge is 0.290 e. The van der Waals surface area contributed by atoms with Gasteiger partial charge in [0.2, 0.25) is 0 Å². The molecule has 0 bridgehead atoms. The van der Waals surface area contributed by atoms with Crippen molar-refractivity contribution in [3.05, 3.63) is 107 Å². The molecule has 1 aliphatic heterocycles. The van der Waals surface area contributed by atoms with Crippen LogP contribution in [0, 0.1) is 0 Å². The molecule has 31 heavy (non-hydrogen) atoms. The molecular formula is C27H27NO3. The van der Waals surface area contributed by atoms with Crippen LogP contribution < -0.4 is 4.74 Å². The summed E-state index contributed by atoms with van der Waals surface area (Å²) in [5.41, 5.74) is 4.69. The highest BCUT2D eigenvalue weighted by atomic mass is 16.5. The number of methoxy groups -OCH3 is 1. The van der Waals surface area contributed by atoms with Crippen molar-refractivity contribution in [2.45, 2.75) is 32.4 Å². The zero-order valence-corrected chi connectivity index (χ0v) is 18.1. The van der Waals surface area contributed by atoms with Gasteiger partial charge in [-0.2, -0.15) is 0 Å². The van der Waals surface area contributed by atoms with Gasteiger partial charge in [-0.15, -0.1) is 0 Å². The largest absolute Gasteiger partial charge is 0.503 e. The maximum atomic E-state index is 13.2. The van der Waals surface area contributed by atoms with Crippen molar-refractivity contribution in [1.29, 1.82) is 0 Å². The molecule has 0 saturated carbocycles. The number of ether oxygens (including phenoxy) is 1. The van der Waals surface area contributed by atoms with Crippen molar-refractivity contribution >= 4 is 11.5 Å². The lowest BCUT2D eigenvalue weighted by Crippen LogP contribution is -2.29. The Labute approximate surface area is 183 Å². The van der Waals surface area contributed by atoms with E-state index in [9.17, 15) is 9.90 Å². The lowest BCUT2D eigenvalue weighted by atomic mass is 9.91. The first kappa shape index (κ1) is 20.7. The van der Waals surface area contributed by atoms with Gasteiger partial charge >= 0.3 is 0 Å². The van der Waals surface area contributed by atoms with E-state index in [4.69, 9.17) is 4.74 Å². The summed E-state index contributed by atoms with van der Waals surface area (Å²) in [4.78, 5) is 14.9. The van der Waals surface area contributed by atoms with Crippen LogP contribution in [0.3, 0.4) is 0 Å². The third-order valence-corrected chi connectivity index (χ3v) is 5.82. The second-order valence-electron chi connectivity index (χ2n) is 8.13. The number of nitrogens with zero attached hydrogens (tertiary/aromatic N) is 1. The van der Waals surface area contributed by atoms with Crippen LogP contribution in [0.5, 0.6) is 5.75 Å². The highest BCUT2D eigenvalue weighted by molar-refractivity contribution is 6.05. The highest BCUT2D eigenvalue weighted by Gasteiger charge is 2.40. The molecule has 1 atom stereocenters. The van der Waals surface area contributed by atoms with Crippen molar-refractivity contribution in [3.8, 4) is 5.75 Å². The van der Waals surface area contributed by atoms with E-state index in [2.05, 4.69) is 38.1 Å². The molecular weight excluding hydrogens is 386 g/mol. The fraction of sp³-hybridized carbons (Fsp3) is 0.222. The van der Waals surface area contributed by atoms with E-state index in [-0.39, 0.29) is 17.7 Å². The summed E-state index contributed by atoms with van der Waals surface area (Å²) in [6.07, 6.45) is 0. The Kier molecular flexibility index (Phi) is 5.81. The Morgan fingerprint density at radius 2 is 1.58 bits per heavy atom. The van der Waals surface area contributed by atoms with E-state index in [1.807, 2.05) is 54.6 Å². The molecule has 4 rings (SSSR count). The summed E-state index contributed by atoms with van der Waals surface area (Å²) in [6, 6.07) is 25.3. The van der Waals surface area contributed by atoms with Gasteiger partial charge in [0.1, 0.15) is 5.75 Å². The monoisotopic (exact) mass is 413 g/mol. The van der Waals surface area contributed by atoms with E-state index >= 15 is 0 Å². The predicted molar refractivity (Wildman–Crippen MR) is 123 cm³/mol. The fourth-order valence-corrected chi connectivity index (χ4v) is 4.07. The zero-order chi connectivity index (χ0) is 22.0. The molecule has 1 unspecified atom stereocenters. The minimum Gasteiger partial charge on any atom is -0.503 e. The number of aliphatic hydroxyl groups is 1. The lowest BCUT2D eigenvalue weighted by molar-refractivity contribution is -0.130. The summed E-state index contributed by atoms with van der Waals surface area (Å²) in [5.74, 6) is 0.653. The molecule has 3 aromatic rings. The average molecular weight is 414 g/mol. The van der Waals surface area contributed by atoms with Crippen molar-refractivity contribution in [3.63, 3.8) is 0 Å². The van der Waals surface area contributed by atoms with Gasteiger partial charge in [-0.1, -0.05) is 80.6 Å². The average Bonchev–Trinajstić information content (AvgIpc) is 3.05. The Morgan fingerprint density at radius 1 is 0.935 bits per heavy atom. The van der Waals surface area contributed by atoms with Gasteiger partial charge in [0.15, 0.2) is 5.76 Å². The maximum Gasteiger partial charge on any atom is 0.290 e. The number of hydrogen-bond acceptors (Lipinski definition) is 3. The normalized spacial score (nSPS) is 16.3. The molecule has 158 valence electrons. The molecule has 0 aliphatic carbocycles. The zero-order valence-electron chi connectivity index (χ0n) is 18.1. The quantitative estimate of drug-likeness (QED) is 0.550. The molecule has 3 aromatic carbocycles. The summed E-state index contributed by atoms with van der Waals surface area (Å²) in [7, 11) is 1.63. The van der Waals surface area contributed by atoms with Crippen molar-refractivity contribution in [2.75, 3.05) is 7.11 Å². The lowest BCUT2D eigenvalue weighted by Gasteiger charge is -2.28. The summed E-state index contributed by atoms with van der Waals surface area (Å²) in [5, 5.41) is 10.9. The number of hydrogen-bond donors (Lipinski definition) is 1. The molecule has 4 nitrogen and oxygen atoms in total. The molecule has 0 fully saturated rings. The number of carbonyl (C=O) groups excluding carboxylic acids is 1. The first-order chi connectivity index (χ1) is 15.0. The maximum absolute atomic E-state index is 13.2. The number of aliphatic hydroxyl groups excluding tert-OH is 1. The molecule has 1 heterocycles. The van der Waals surface area contributed by atoms with Crippen molar-refractivity contribution < 1.29 is 14.6 Å². The van der Waals surface area contributed by atoms with Crippen LogP contribution in [0.25, 0.3) is 5.57 Å². The third kappa shape index (κ3) is 4.06. The third-order valence-electron chi connectivity index (χ3n) is 5.82. The second-order valence-corrected chi connectivity index (χ2v) is 8.13. The first-order valence-electron chi connectivity index (χ1n) is 10.5. The van der Waals surface area contributed by atoms with Crippen molar-refractivity contribution in [2.24, 2.45) is 0 Å². The minimum atomic E-state index is -0.363. The minimum absolute atomic E-state index is 0.183. The molecule has 0 radical (unpaired) electrons. The van der Waals surface area contributed by atoms with Crippen molar-refractivity contribution in [1.82, 2.24) is 4.90 Å².